The number of carbonyl (C=O) groups is 1. The van der Waals surface area contributed by atoms with Crippen molar-refractivity contribution < 1.29 is 14.8 Å². The average Bonchev–Trinajstić information content (AvgIpc) is 2.35. The first-order valence-electron chi connectivity index (χ1n) is 4.95. The highest BCUT2D eigenvalue weighted by Crippen LogP contribution is 2.24. The normalized spacial score (nSPS) is 10.1. The van der Waals surface area contributed by atoms with E-state index in [2.05, 4.69) is 10.3 Å². The predicted octanol–water partition coefficient (Wildman–Crippen LogP) is 0.147. The molecule has 0 aromatic heterocycles. The van der Waals surface area contributed by atoms with Gasteiger partial charge in [-0.3, -0.25) is 15.1 Å². The summed E-state index contributed by atoms with van der Waals surface area (Å²) in [5, 5.41) is 37.8. The maximum absolute atomic E-state index is 10.5. The van der Waals surface area contributed by atoms with Crippen LogP contribution in [0.3, 0.4) is 0 Å². The molecule has 0 unspecified atom stereocenters. The molecule has 0 aliphatic rings. The van der Waals surface area contributed by atoms with E-state index in [1.54, 1.807) is 6.07 Å². The second-order valence-electron chi connectivity index (χ2n) is 3.45. The van der Waals surface area contributed by atoms with Gasteiger partial charge in [0.1, 0.15) is 11.8 Å². The van der Waals surface area contributed by atoms with Crippen molar-refractivity contribution in [2.45, 2.75) is 0 Å². The van der Waals surface area contributed by atoms with Gasteiger partial charge in [-0.1, -0.05) is 5.22 Å². The summed E-state index contributed by atoms with van der Waals surface area (Å²) in [4.78, 5) is 20.2. The lowest BCUT2D eigenvalue weighted by molar-refractivity contribution is -0.384. The van der Waals surface area contributed by atoms with Crippen LogP contribution in [0.1, 0.15) is 5.56 Å². The Morgan fingerprint density at radius 1 is 1.58 bits per heavy atom. The van der Waals surface area contributed by atoms with Crippen molar-refractivity contribution in [3.8, 4) is 6.07 Å². The van der Waals surface area contributed by atoms with Gasteiger partial charge in [0.15, 0.2) is 0 Å². The summed E-state index contributed by atoms with van der Waals surface area (Å²) < 4.78 is 0. The van der Waals surface area contributed by atoms with Crippen LogP contribution in [-0.2, 0) is 4.79 Å². The van der Waals surface area contributed by atoms with E-state index in [-0.39, 0.29) is 16.9 Å². The number of nitro groups is 1. The molecular formula is C10H8N5O4-. The van der Waals surface area contributed by atoms with Gasteiger partial charge in [0.2, 0.25) is 0 Å². The minimum atomic E-state index is -1.33. The number of aliphatic carboxylic acids is 1. The van der Waals surface area contributed by atoms with E-state index in [4.69, 9.17) is 5.26 Å². The first-order valence-corrected chi connectivity index (χ1v) is 4.95. The zero-order chi connectivity index (χ0) is 14.4. The van der Waals surface area contributed by atoms with Crippen molar-refractivity contribution in [2.75, 3.05) is 13.6 Å². The molecule has 0 aliphatic heterocycles. The van der Waals surface area contributed by atoms with E-state index < -0.39 is 17.4 Å². The number of likely N-dealkylation sites (N-methyl/N-ethyl adjacent to an activating group) is 1. The molecule has 0 amide bonds. The lowest BCUT2D eigenvalue weighted by Crippen LogP contribution is -2.33. The van der Waals surface area contributed by atoms with Crippen molar-refractivity contribution in [1.29, 1.82) is 5.26 Å². The molecule has 98 valence electrons. The quantitative estimate of drug-likeness (QED) is 0.421. The molecule has 1 aromatic carbocycles. The van der Waals surface area contributed by atoms with Crippen molar-refractivity contribution in [3.63, 3.8) is 0 Å². The fourth-order valence-electron chi connectivity index (χ4n) is 1.16. The Balaban J connectivity index is 2.96. The van der Waals surface area contributed by atoms with Gasteiger partial charge in [-0.05, 0) is 6.07 Å². The summed E-state index contributed by atoms with van der Waals surface area (Å²) in [6.45, 7) is -0.460. The van der Waals surface area contributed by atoms with Crippen LogP contribution in [0.25, 0.3) is 0 Å². The summed E-state index contributed by atoms with van der Waals surface area (Å²) >= 11 is 0. The molecule has 1 aromatic rings. The lowest BCUT2D eigenvalue weighted by atomic mass is 10.2. The molecule has 0 aliphatic carbocycles. The number of benzene rings is 1. The number of carboxylic acids is 1. The zero-order valence-electron chi connectivity index (χ0n) is 9.81. The molecule has 0 saturated heterocycles. The second-order valence-corrected chi connectivity index (χ2v) is 3.45. The number of carbonyl (C=O) groups excluding carboxylic acids is 1. The molecule has 0 N–H and O–H groups in total. The molecular weight excluding hydrogens is 254 g/mol. The summed E-state index contributed by atoms with van der Waals surface area (Å²) in [5.74, 6) is -1.33. The summed E-state index contributed by atoms with van der Waals surface area (Å²) in [5.41, 5.74) is -0.156. The van der Waals surface area contributed by atoms with E-state index in [1.165, 1.54) is 19.2 Å². The van der Waals surface area contributed by atoms with Crippen LogP contribution in [0.5, 0.6) is 0 Å². The highest BCUT2D eigenvalue weighted by atomic mass is 16.6. The van der Waals surface area contributed by atoms with Crippen LogP contribution in [-0.4, -0.2) is 29.5 Å². The van der Waals surface area contributed by atoms with Gasteiger partial charge in [0.05, 0.1) is 23.0 Å². The van der Waals surface area contributed by atoms with Gasteiger partial charge in [-0.2, -0.15) is 5.26 Å². The lowest BCUT2D eigenvalue weighted by Gasteiger charge is -2.10. The fraction of sp³-hybridized carbons (Fsp3) is 0.200. The predicted molar refractivity (Wildman–Crippen MR) is 60.0 cm³/mol. The average molecular weight is 262 g/mol. The van der Waals surface area contributed by atoms with Gasteiger partial charge in [-0.15, -0.1) is 5.11 Å². The van der Waals surface area contributed by atoms with E-state index >= 15 is 0 Å². The Bertz CT molecular complexity index is 578. The molecule has 0 fully saturated rings. The topological polar surface area (TPSA) is 135 Å². The third-order valence-corrected chi connectivity index (χ3v) is 1.97. The molecule has 0 heterocycles. The van der Waals surface area contributed by atoms with Gasteiger partial charge in [0.25, 0.3) is 5.69 Å². The van der Waals surface area contributed by atoms with E-state index in [1.807, 2.05) is 0 Å². The number of rotatable bonds is 5. The summed E-state index contributed by atoms with van der Waals surface area (Å²) in [6, 6.07) is 5.24. The van der Waals surface area contributed by atoms with Crippen LogP contribution >= 0.6 is 0 Å². The Morgan fingerprint density at radius 3 is 2.79 bits per heavy atom. The molecule has 0 spiro atoms. The SMILES string of the molecule is CN(CC(=O)[O-])N=Nc1ccc([N+](=O)[O-])cc1C#N. The van der Waals surface area contributed by atoms with Crippen LogP contribution in [0.2, 0.25) is 0 Å². The summed E-state index contributed by atoms with van der Waals surface area (Å²) in [7, 11) is 1.36. The monoisotopic (exact) mass is 262 g/mol. The summed E-state index contributed by atoms with van der Waals surface area (Å²) in [6.07, 6.45) is 0. The Labute approximate surface area is 107 Å². The van der Waals surface area contributed by atoms with E-state index in [9.17, 15) is 20.0 Å². The number of carboxylic acid groups (broad SMARTS) is 1. The number of hydrogen-bond donors (Lipinski definition) is 0. The standard InChI is InChI=1S/C10H9N5O4/c1-14(6-10(16)17)13-12-9-3-2-8(15(18)19)4-7(9)5-11/h2-4H,6H2,1H3,(H,16,17)/p-1. The number of non-ortho nitro benzene ring substituents is 1. The van der Waals surface area contributed by atoms with Gasteiger partial charge in [0, 0.05) is 19.2 Å². The molecule has 0 bridgehead atoms. The van der Waals surface area contributed by atoms with E-state index in [0.29, 0.717) is 0 Å². The van der Waals surface area contributed by atoms with Crippen LogP contribution in [0, 0.1) is 21.4 Å². The van der Waals surface area contributed by atoms with Crippen molar-refractivity contribution in [2.24, 2.45) is 10.3 Å². The van der Waals surface area contributed by atoms with Crippen LogP contribution in [0.15, 0.2) is 28.5 Å². The zero-order valence-corrected chi connectivity index (χ0v) is 9.81. The van der Waals surface area contributed by atoms with Crippen LogP contribution in [0.4, 0.5) is 11.4 Å². The van der Waals surface area contributed by atoms with Crippen LogP contribution < -0.4 is 5.11 Å². The Hall–Kier alpha value is -3.02. The first kappa shape index (κ1) is 14.0. The number of hydrogen-bond acceptors (Lipinski definition) is 7. The Kier molecular flexibility index (Phi) is 4.48. The molecule has 0 radical (unpaired) electrons. The highest BCUT2D eigenvalue weighted by molar-refractivity contribution is 5.66. The minimum Gasteiger partial charge on any atom is -0.548 e. The number of nitro benzene ring substituents is 1. The molecule has 19 heavy (non-hydrogen) atoms. The minimum absolute atomic E-state index is 0.0280. The molecule has 0 saturated carbocycles. The molecule has 9 heteroatoms. The molecule has 1 rings (SSSR count). The fourth-order valence-corrected chi connectivity index (χ4v) is 1.16. The van der Waals surface area contributed by atoms with Gasteiger partial charge >= 0.3 is 0 Å². The third kappa shape index (κ3) is 4.04. The van der Waals surface area contributed by atoms with E-state index in [0.717, 1.165) is 11.1 Å². The number of nitriles is 1. The Morgan fingerprint density at radius 2 is 2.26 bits per heavy atom. The highest BCUT2D eigenvalue weighted by Gasteiger charge is 2.10. The van der Waals surface area contributed by atoms with Crippen molar-refractivity contribution in [3.05, 3.63) is 33.9 Å². The van der Waals surface area contributed by atoms with Gasteiger partial charge < -0.3 is 9.90 Å². The van der Waals surface area contributed by atoms with Crippen molar-refractivity contribution in [1.82, 2.24) is 5.01 Å². The largest absolute Gasteiger partial charge is 0.548 e. The number of nitrogens with zero attached hydrogens (tertiary/aromatic N) is 5. The maximum atomic E-state index is 10.5. The smallest absolute Gasteiger partial charge is 0.270 e. The maximum Gasteiger partial charge on any atom is 0.270 e. The molecule has 9 nitrogen and oxygen atoms in total. The van der Waals surface area contributed by atoms with Gasteiger partial charge in [-0.25, -0.2) is 0 Å². The second kappa shape index (κ2) is 6.06. The molecule has 0 atom stereocenters. The van der Waals surface area contributed by atoms with Crippen molar-refractivity contribution >= 4 is 17.3 Å². The third-order valence-electron chi connectivity index (χ3n) is 1.97. The first-order chi connectivity index (χ1) is 8.93.